The van der Waals surface area contributed by atoms with Gasteiger partial charge in [-0.05, 0) is 32.1 Å². The fraction of sp³-hybridized carbons (Fsp3) is 0.833. The lowest BCUT2D eigenvalue weighted by atomic mass is 9.74. The molecule has 2 rings (SSSR count). The van der Waals surface area contributed by atoms with Gasteiger partial charge in [0.25, 0.3) is 0 Å². The number of aliphatic hydroxyl groups excluding tert-OH is 1. The van der Waals surface area contributed by atoms with Crippen molar-refractivity contribution in [1.29, 1.82) is 0 Å². The van der Waals surface area contributed by atoms with Gasteiger partial charge in [0.2, 0.25) is 0 Å². The van der Waals surface area contributed by atoms with E-state index in [1.165, 1.54) is 0 Å². The van der Waals surface area contributed by atoms with Gasteiger partial charge >= 0.3 is 12.0 Å². The Morgan fingerprint density at radius 2 is 1.89 bits per heavy atom. The summed E-state index contributed by atoms with van der Waals surface area (Å²) in [5.41, 5.74) is -0.543. The maximum absolute atomic E-state index is 12.0. The summed E-state index contributed by atoms with van der Waals surface area (Å²) in [5.74, 6) is -0.871. The molecule has 6 heteroatoms. The first-order valence-electron chi connectivity index (χ1n) is 6.48. The van der Waals surface area contributed by atoms with Crippen molar-refractivity contribution in [3.05, 3.63) is 0 Å². The number of amides is 2. The second kappa shape index (κ2) is 5.14. The Labute approximate surface area is 106 Å². The summed E-state index contributed by atoms with van der Waals surface area (Å²) < 4.78 is 0. The molecule has 1 heterocycles. The lowest BCUT2D eigenvalue weighted by Crippen LogP contribution is -2.59. The van der Waals surface area contributed by atoms with Crippen LogP contribution in [0.1, 0.15) is 38.5 Å². The van der Waals surface area contributed by atoms with Gasteiger partial charge in [-0.15, -0.1) is 0 Å². The minimum Gasteiger partial charge on any atom is -0.481 e. The Balaban J connectivity index is 1.87. The molecule has 6 nitrogen and oxygen atoms in total. The molecule has 3 N–H and O–H groups in total. The number of hydrogen-bond acceptors (Lipinski definition) is 3. The first-order chi connectivity index (χ1) is 8.51. The number of hydrogen-bond donors (Lipinski definition) is 3. The minimum absolute atomic E-state index is 0.00476. The van der Waals surface area contributed by atoms with E-state index in [9.17, 15) is 14.7 Å². The molecule has 0 spiro atoms. The summed E-state index contributed by atoms with van der Waals surface area (Å²) in [4.78, 5) is 24.5. The van der Waals surface area contributed by atoms with Crippen LogP contribution in [0.5, 0.6) is 0 Å². The number of carboxylic acid groups (broad SMARTS) is 1. The van der Waals surface area contributed by atoms with Crippen LogP contribution >= 0.6 is 0 Å². The smallest absolute Gasteiger partial charge is 0.317 e. The van der Waals surface area contributed by atoms with Crippen molar-refractivity contribution < 1.29 is 19.8 Å². The average molecular weight is 256 g/mol. The zero-order valence-electron chi connectivity index (χ0n) is 10.4. The van der Waals surface area contributed by atoms with E-state index in [-0.39, 0.29) is 18.6 Å². The quantitative estimate of drug-likeness (QED) is 0.688. The number of piperidine rings is 1. The summed E-state index contributed by atoms with van der Waals surface area (Å²) in [6, 6.07) is -0.192. The van der Waals surface area contributed by atoms with Gasteiger partial charge in [0.15, 0.2) is 0 Å². The van der Waals surface area contributed by atoms with Crippen LogP contribution in [0, 0.1) is 0 Å². The highest BCUT2D eigenvalue weighted by Gasteiger charge is 2.41. The van der Waals surface area contributed by atoms with Crippen molar-refractivity contribution in [3.8, 4) is 0 Å². The molecule has 0 atom stereocenters. The van der Waals surface area contributed by atoms with Crippen LogP contribution in [0.15, 0.2) is 0 Å². The monoisotopic (exact) mass is 256 g/mol. The van der Waals surface area contributed by atoms with Crippen molar-refractivity contribution in [3.63, 3.8) is 0 Å². The van der Waals surface area contributed by atoms with E-state index in [4.69, 9.17) is 5.11 Å². The SMILES string of the molecule is O=C(O)CC1(NC(=O)N2CCC(O)CC2)CCC1. The highest BCUT2D eigenvalue weighted by molar-refractivity contribution is 5.77. The summed E-state index contributed by atoms with van der Waals surface area (Å²) in [7, 11) is 0. The normalized spacial score (nSPS) is 23.3. The van der Waals surface area contributed by atoms with Crippen molar-refractivity contribution in [2.45, 2.75) is 50.2 Å². The highest BCUT2D eigenvalue weighted by atomic mass is 16.4. The van der Waals surface area contributed by atoms with Crippen LogP contribution < -0.4 is 5.32 Å². The number of carbonyl (C=O) groups excluding carboxylic acids is 1. The molecule has 18 heavy (non-hydrogen) atoms. The predicted octanol–water partition coefficient (Wildman–Crippen LogP) is 0.550. The third-order valence-electron chi connectivity index (χ3n) is 3.92. The summed E-state index contributed by atoms with van der Waals surface area (Å²) >= 11 is 0. The van der Waals surface area contributed by atoms with E-state index in [2.05, 4.69) is 5.32 Å². The summed E-state index contributed by atoms with van der Waals surface area (Å²) in [5, 5.41) is 21.1. The lowest BCUT2D eigenvalue weighted by Gasteiger charge is -2.43. The number of nitrogens with one attached hydrogen (secondary N) is 1. The van der Waals surface area contributed by atoms with Crippen molar-refractivity contribution >= 4 is 12.0 Å². The third kappa shape index (κ3) is 2.93. The molecule has 0 unspecified atom stereocenters. The molecule has 0 aromatic heterocycles. The molecule has 1 saturated heterocycles. The van der Waals surface area contributed by atoms with Gasteiger partial charge in [0.1, 0.15) is 0 Å². The van der Waals surface area contributed by atoms with Crippen LogP contribution in [0.2, 0.25) is 0 Å². The fourth-order valence-corrected chi connectivity index (χ4v) is 2.61. The average Bonchev–Trinajstić information content (AvgIpc) is 2.26. The number of likely N-dealkylation sites (tertiary alicyclic amines) is 1. The van der Waals surface area contributed by atoms with Crippen LogP contribution in [-0.4, -0.2) is 51.8 Å². The van der Waals surface area contributed by atoms with Crippen LogP contribution in [0.25, 0.3) is 0 Å². The Hall–Kier alpha value is -1.30. The van der Waals surface area contributed by atoms with Crippen LogP contribution in [0.3, 0.4) is 0 Å². The standard InChI is InChI=1S/C12H20N2O4/c15-9-2-6-14(7-3-9)11(18)13-12(4-1-5-12)8-10(16)17/h9,15H,1-8H2,(H,13,18)(H,16,17). The third-order valence-corrected chi connectivity index (χ3v) is 3.92. The second-order valence-corrected chi connectivity index (χ2v) is 5.35. The number of nitrogens with zero attached hydrogens (tertiary/aromatic N) is 1. The minimum atomic E-state index is -0.871. The molecular formula is C12H20N2O4. The summed E-state index contributed by atoms with van der Waals surface area (Å²) in [6.07, 6.45) is 3.31. The first kappa shape index (κ1) is 13.1. The Kier molecular flexibility index (Phi) is 3.75. The van der Waals surface area contributed by atoms with Crippen molar-refractivity contribution in [1.82, 2.24) is 10.2 Å². The van der Waals surface area contributed by atoms with E-state index >= 15 is 0 Å². The van der Waals surface area contributed by atoms with E-state index in [0.29, 0.717) is 25.9 Å². The Bertz CT molecular complexity index is 333. The number of urea groups is 1. The van der Waals surface area contributed by atoms with E-state index in [0.717, 1.165) is 19.3 Å². The number of rotatable bonds is 3. The molecule has 1 aliphatic carbocycles. The van der Waals surface area contributed by atoms with E-state index < -0.39 is 11.5 Å². The molecule has 1 aliphatic heterocycles. The molecule has 2 aliphatic rings. The zero-order valence-corrected chi connectivity index (χ0v) is 10.4. The molecule has 0 bridgehead atoms. The number of carboxylic acids is 1. The maximum atomic E-state index is 12.0. The summed E-state index contributed by atoms with van der Waals surface area (Å²) in [6.45, 7) is 1.08. The van der Waals surface area contributed by atoms with E-state index in [1.807, 2.05) is 0 Å². The second-order valence-electron chi connectivity index (χ2n) is 5.35. The van der Waals surface area contributed by atoms with Crippen LogP contribution in [0.4, 0.5) is 4.79 Å². The predicted molar refractivity (Wildman–Crippen MR) is 64.2 cm³/mol. The molecule has 0 radical (unpaired) electrons. The fourth-order valence-electron chi connectivity index (χ4n) is 2.61. The van der Waals surface area contributed by atoms with Gasteiger partial charge < -0.3 is 20.4 Å². The molecular weight excluding hydrogens is 236 g/mol. The number of aliphatic hydroxyl groups is 1. The Morgan fingerprint density at radius 1 is 1.28 bits per heavy atom. The van der Waals surface area contributed by atoms with Crippen molar-refractivity contribution in [2.24, 2.45) is 0 Å². The maximum Gasteiger partial charge on any atom is 0.317 e. The van der Waals surface area contributed by atoms with E-state index in [1.54, 1.807) is 4.90 Å². The first-order valence-corrected chi connectivity index (χ1v) is 6.48. The number of aliphatic carboxylic acids is 1. The molecule has 2 fully saturated rings. The molecule has 0 aromatic carbocycles. The molecule has 0 aromatic rings. The van der Waals surface area contributed by atoms with Crippen LogP contribution in [-0.2, 0) is 4.79 Å². The van der Waals surface area contributed by atoms with Gasteiger partial charge in [-0.3, -0.25) is 4.79 Å². The topological polar surface area (TPSA) is 89.9 Å². The van der Waals surface area contributed by atoms with Crippen molar-refractivity contribution in [2.75, 3.05) is 13.1 Å². The highest BCUT2D eigenvalue weighted by Crippen LogP contribution is 2.35. The number of carbonyl (C=O) groups is 2. The Morgan fingerprint density at radius 3 is 2.33 bits per heavy atom. The lowest BCUT2D eigenvalue weighted by molar-refractivity contribution is -0.139. The largest absolute Gasteiger partial charge is 0.481 e. The zero-order chi connectivity index (χ0) is 13.2. The van der Waals surface area contributed by atoms with Gasteiger partial charge in [-0.2, -0.15) is 0 Å². The van der Waals surface area contributed by atoms with Gasteiger partial charge in [-0.25, -0.2) is 4.79 Å². The van der Waals surface area contributed by atoms with Gasteiger partial charge in [0, 0.05) is 13.1 Å². The molecule has 2 amide bonds. The van der Waals surface area contributed by atoms with Gasteiger partial charge in [-0.1, -0.05) is 0 Å². The van der Waals surface area contributed by atoms with Gasteiger partial charge in [0.05, 0.1) is 18.1 Å². The molecule has 102 valence electrons. The molecule has 1 saturated carbocycles.